The molecule has 6 heteroatoms. The first kappa shape index (κ1) is 16.0. The zero-order valence-electron chi connectivity index (χ0n) is 12.6. The molecule has 1 aromatic rings. The second-order valence-corrected chi connectivity index (χ2v) is 7.78. The van der Waals surface area contributed by atoms with Crippen molar-refractivity contribution >= 4 is 15.9 Å². The molecule has 1 saturated carbocycles. The highest BCUT2D eigenvalue weighted by Crippen LogP contribution is 2.51. The molecular formula is C15H22N2O3S. The quantitative estimate of drug-likeness (QED) is 0.869. The van der Waals surface area contributed by atoms with Gasteiger partial charge in [-0.15, -0.1) is 0 Å². The van der Waals surface area contributed by atoms with Gasteiger partial charge in [-0.1, -0.05) is 13.8 Å². The van der Waals surface area contributed by atoms with Crippen LogP contribution in [0.3, 0.4) is 0 Å². The molecule has 0 radical (unpaired) electrons. The zero-order valence-corrected chi connectivity index (χ0v) is 13.5. The largest absolute Gasteiger partial charge is 0.351 e. The summed E-state index contributed by atoms with van der Waals surface area (Å²) in [6, 6.07) is 4.31. The van der Waals surface area contributed by atoms with Gasteiger partial charge >= 0.3 is 0 Å². The van der Waals surface area contributed by atoms with E-state index in [4.69, 9.17) is 5.14 Å². The molecule has 0 atom stereocenters. The minimum atomic E-state index is -3.74. The Morgan fingerprint density at radius 1 is 1.38 bits per heavy atom. The average molecular weight is 310 g/mol. The van der Waals surface area contributed by atoms with E-state index in [0.717, 1.165) is 12.8 Å². The lowest BCUT2D eigenvalue weighted by Gasteiger charge is -2.20. The number of nitrogens with one attached hydrogen (secondary N) is 1. The maximum atomic E-state index is 12.2. The number of carbonyl (C=O) groups is 1. The van der Waals surface area contributed by atoms with Crippen molar-refractivity contribution in [3.63, 3.8) is 0 Å². The Balaban J connectivity index is 2.10. The van der Waals surface area contributed by atoms with E-state index in [1.165, 1.54) is 18.2 Å². The molecule has 116 valence electrons. The number of primary sulfonamides is 1. The van der Waals surface area contributed by atoms with Crippen molar-refractivity contribution in [2.75, 3.05) is 6.54 Å². The Hall–Kier alpha value is -1.40. The van der Waals surface area contributed by atoms with E-state index in [-0.39, 0.29) is 16.2 Å². The summed E-state index contributed by atoms with van der Waals surface area (Å²) in [5.74, 6) is 0.379. The summed E-state index contributed by atoms with van der Waals surface area (Å²) in [5.41, 5.74) is 1.33. The van der Waals surface area contributed by atoms with Gasteiger partial charge in [0, 0.05) is 12.1 Å². The summed E-state index contributed by atoms with van der Waals surface area (Å²) < 4.78 is 22.6. The number of aryl methyl sites for hydroxylation is 1. The van der Waals surface area contributed by atoms with E-state index in [1.54, 1.807) is 6.92 Å². The molecule has 1 aliphatic rings. The Morgan fingerprint density at radius 3 is 2.43 bits per heavy atom. The van der Waals surface area contributed by atoms with Crippen LogP contribution in [0.5, 0.6) is 0 Å². The second kappa shape index (κ2) is 5.42. The molecule has 21 heavy (non-hydrogen) atoms. The van der Waals surface area contributed by atoms with Crippen molar-refractivity contribution in [3.8, 4) is 0 Å². The summed E-state index contributed by atoms with van der Waals surface area (Å²) in [5, 5.41) is 8.04. The lowest BCUT2D eigenvalue weighted by atomic mass is 9.92. The fourth-order valence-electron chi connectivity index (χ4n) is 2.54. The number of carbonyl (C=O) groups excluding carboxylic acids is 1. The maximum Gasteiger partial charge on any atom is 0.251 e. The number of amides is 1. The van der Waals surface area contributed by atoms with E-state index in [1.807, 2.05) is 0 Å². The molecular weight excluding hydrogens is 288 g/mol. The predicted molar refractivity (Wildman–Crippen MR) is 81.4 cm³/mol. The number of hydrogen-bond donors (Lipinski definition) is 2. The van der Waals surface area contributed by atoms with Crippen molar-refractivity contribution in [1.82, 2.24) is 5.32 Å². The van der Waals surface area contributed by atoms with Gasteiger partial charge in [0.15, 0.2) is 0 Å². The SMILES string of the molecule is Cc1cc(S(N)(=O)=O)ccc1C(=O)NCC1(C(C)C)CC1. The number of sulfonamides is 1. The zero-order chi connectivity index (χ0) is 15.8. The minimum absolute atomic E-state index is 0.0254. The molecule has 0 aromatic heterocycles. The van der Waals surface area contributed by atoms with Crippen LogP contribution in [0.1, 0.15) is 42.6 Å². The van der Waals surface area contributed by atoms with Crippen LogP contribution in [0.4, 0.5) is 0 Å². The summed E-state index contributed by atoms with van der Waals surface area (Å²) in [7, 11) is -3.74. The highest BCUT2D eigenvalue weighted by atomic mass is 32.2. The molecule has 0 spiro atoms. The van der Waals surface area contributed by atoms with Gasteiger partial charge in [-0.2, -0.15) is 0 Å². The molecule has 5 nitrogen and oxygen atoms in total. The molecule has 1 amide bonds. The molecule has 0 bridgehead atoms. The lowest BCUT2D eigenvalue weighted by molar-refractivity contribution is 0.0939. The second-order valence-electron chi connectivity index (χ2n) is 6.22. The summed E-state index contributed by atoms with van der Waals surface area (Å²) >= 11 is 0. The van der Waals surface area contributed by atoms with Crippen LogP contribution >= 0.6 is 0 Å². The van der Waals surface area contributed by atoms with Gasteiger partial charge in [0.1, 0.15) is 0 Å². The van der Waals surface area contributed by atoms with Crippen molar-refractivity contribution in [3.05, 3.63) is 29.3 Å². The first-order valence-electron chi connectivity index (χ1n) is 7.07. The van der Waals surface area contributed by atoms with Crippen LogP contribution in [0.15, 0.2) is 23.1 Å². The van der Waals surface area contributed by atoms with Crippen molar-refractivity contribution in [1.29, 1.82) is 0 Å². The molecule has 0 aliphatic heterocycles. The fraction of sp³-hybridized carbons (Fsp3) is 0.533. The summed E-state index contributed by atoms with van der Waals surface area (Å²) in [4.78, 5) is 12.3. The van der Waals surface area contributed by atoms with Crippen LogP contribution in [-0.4, -0.2) is 20.9 Å². The molecule has 1 fully saturated rings. The minimum Gasteiger partial charge on any atom is -0.351 e. The molecule has 0 heterocycles. The van der Waals surface area contributed by atoms with Gasteiger partial charge in [-0.05, 0) is 54.9 Å². The third-order valence-electron chi connectivity index (χ3n) is 4.49. The maximum absolute atomic E-state index is 12.2. The van der Waals surface area contributed by atoms with E-state index in [9.17, 15) is 13.2 Å². The number of benzene rings is 1. The standard InChI is InChI=1S/C15H22N2O3S/c1-10(2)15(6-7-15)9-17-14(18)13-5-4-12(8-11(13)3)21(16,19)20/h4-5,8,10H,6-7,9H2,1-3H3,(H,17,18)(H2,16,19,20). The number of nitrogens with two attached hydrogens (primary N) is 1. The highest BCUT2D eigenvalue weighted by molar-refractivity contribution is 7.89. The van der Waals surface area contributed by atoms with Gasteiger partial charge in [0.05, 0.1) is 4.90 Å². The van der Waals surface area contributed by atoms with Crippen LogP contribution < -0.4 is 10.5 Å². The fourth-order valence-corrected chi connectivity index (χ4v) is 3.14. The smallest absolute Gasteiger partial charge is 0.251 e. The third kappa shape index (κ3) is 3.44. The monoisotopic (exact) mass is 310 g/mol. The summed E-state index contributed by atoms with van der Waals surface area (Å²) in [6.45, 7) is 6.72. The molecule has 2 rings (SSSR count). The molecule has 0 saturated heterocycles. The lowest BCUT2D eigenvalue weighted by Crippen LogP contribution is -2.33. The number of hydrogen-bond acceptors (Lipinski definition) is 3. The van der Waals surface area contributed by atoms with E-state index in [2.05, 4.69) is 19.2 Å². The predicted octanol–water partition coefficient (Wildman–Crippen LogP) is 1.81. The number of rotatable bonds is 5. The Labute approximate surface area is 126 Å². The first-order valence-corrected chi connectivity index (χ1v) is 8.62. The molecule has 0 unspecified atom stereocenters. The van der Waals surface area contributed by atoms with E-state index < -0.39 is 10.0 Å². The first-order chi connectivity index (χ1) is 9.66. The van der Waals surface area contributed by atoms with Crippen LogP contribution in [0, 0.1) is 18.3 Å². The van der Waals surface area contributed by atoms with Crippen LogP contribution in [0.2, 0.25) is 0 Å². The van der Waals surface area contributed by atoms with Gasteiger partial charge in [0.25, 0.3) is 5.91 Å². The Morgan fingerprint density at radius 2 is 2.00 bits per heavy atom. The van der Waals surface area contributed by atoms with Gasteiger partial charge < -0.3 is 5.32 Å². The van der Waals surface area contributed by atoms with Crippen LogP contribution in [0.25, 0.3) is 0 Å². The normalized spacial score (nSPS) is 16.8. The van der Waals surface area contributed by atoms with E-state index >= 15 is 0 Å². The Bertz CT molecular complexity index is 661. The average Bonchev–Trinajstić information content (AvgIpc) is 3.16. The highest BCUT2D eigenvalue weighted by Gasteiger charge is 2.45. The Kier molecular flexibility index (Phi) is 4.13. The third-order valence-corrected chi connectivity index (χ3v) is 5.40. The molecule has 1 aliphatic carbocycles. The topological polar surface area (TPSA) is 89.3 Å². The van der Waals surface area contributed by atoms with E-state index in [0.29, 0.717) is 23.6 Å². The van der Waals surface area contributed by atoms with Crippen molar-refractivity contribution < 1.29 is 13.2 Å². The summed E-state index contributed by atoms with van der Waals surface area (Å²) in [6.07, 6.45) is 2.29. The van der Waals surface area contributed by atoms with Crippen molar-refractivity contribution in [2.45, 2.75) is 38.5 Å². The van der Waals surface area contributed by atoms with Gasteiger partial charge in [-0.25, -0.2) is 13.6 Å². The molecule has 3 N–H and O–H groups in total. The molecule has 1 aromatic carbocycles. The van der Waals surface area contributed by atoms with Gasteiger partial charge in [0.2, 0.25) is 10.0 Å². The van der Waals surface area contributed by atoms with Crippen LogP contribution in [-0.2, 0) is 10.0 Å². The van der Waals surface area contributed by atoms with Gasteiger partial charge in [-0.3, -0.25) is 4.79 Å². The van der Waals surface area contributed by atoms with Crippen molar-refractivity contribution in [2.24, 2.45) is 16.5 Å².